The lowest BCUT2D eigenvalue weighted by molar-refractivity contribution is 0.318. The number of ether oxygens (including phenoxy) is 1. The number of hydrogen-bond acceptors (Lipinski definition) is 1. The molecule has 0 N–H and O–H groups in total. The van der Waals surface area contributed by atoms with Crippen molar-refractivity contribution < 1.29 is 4.74 Å². The van der Waals surface area contributed by atoms with Gasteiger partial charge in [0.1, 0.15) is 0 Å². The monoisotopic (exact) mass is 140 g/mol. The van der Waals surface area contributed by atoms with Crippen molar-refractivity contribution in [1.29, 1.82) is 0 Å². The second kappa shape index (κ2) is 2.54. The topological polar surface area (TPSA) is 12.5 Å². The molecule has 1 aliphatic carbocycles. The van der Waals surface area contributed by atoms with E-state index < -0.39 is 0 Å². The summed E-state index contributed by atoms with van der Waals surface area (Å²) in [5.74, 6) is 0.838. The molecule has 1 heterocycles. The highest BCUT2D eigenvalue weighted by atomic mass is 16.6. The van der Waals surface area contributed by atoms with Crippen LogP contribution in [0.1, 0.15) is 39.0 Å². The van der Waals surface area contributed by atoms with Gasteiger partial charge in [0.05, 0.1) is 12.2 Å². The molecule has 1 aliphatic heterocycles. The summed E-state index contributed by atoms with van der Waals surface area (Å²) >= 11 is 0. The van der Waals surface area contributed by atoms with Crippen LogP contribution in [0.3, 0.4) is 0 Å². The molecule has 2 aliphatic rings. The molecule has 1 saturated carbocycles. The summed E-state index contributed by atoms with van der Waals surface area (Å²) in [5.41, 5.74) is 0. The van der Waals surface area contributed by atoms with Crippen LogP contribution >= 0.6 is 0 Å². The molecular weight excluding hydrogens is 124 g/mol. The lowest BCUT2D eigenvalue weighted by atomic mass is 9.93. The van der Waals surface area contributed by atoms with Crippen LogP contribution in [0.2, 0.25) is 0 Å². The number of epoxide rings is 1. The summed E-state index contributed by atoms with van der Waals surface area (Å²) in [6, 6.07) is 0. The van der Waals surface area contributed by atoms with E-state index in [2.05, 4.69) is 6.92 Å². The number of fused-ring (bicyclic) bond motifs is 1. The smallest absolute Gasteiger partial charge is 0.0867 e. The molecule has 3 atom stereocenters. The average molecular weight is 140 g/mol. The minimum absolute atomic E-state index is 0.653. The Hall–Kier alpha value is -0.0400. The molecular formula is C9H16O. The molecule has 0 amide bonds. The third-order valence-corrected chi connectivity index (χ3v) is 2.83. The van der Waals surface area contributed by atoms with Gasteiger partial charge in [-0.3, -0.25) is 0 Å². The van der Waals surface area contributed by atoms with E-state index in [1.807, 2.05) is 0 Å². The highest BCUT2D eigenvalue weighted by Crippen LogP contribution is 2.37. The molecule has 3 unspecified atom stereocenters. The van der Waals surface area contributed by atoms with Gasteiger partial charge in [-0.15, -0.1) is 0 Å². The highest BCUT2D eigenvalue weighted by molar-refractivity contribution is 4.89. The molecule has 1 heteroatoms. The Labute approximate surface area is 62.8 Å². The molecule has 0 aromatic rings. The Morgan fingerprint density at radius 3 is 2.80 bits per heavy atom. The van der Waals surface area contributed by atoms with Gasteiger partial charge in [-0.2, -0.15) is 0 Å². The fraction of sp³-hybridized carbons (Fsp3) is 1.00. The maximum absolute atomic E-state index is 5.55. The van der Waals surface area contributed by atoms with Crippen LogP contribution in [0.25, 0.3) is 0 Å². The fourth-order valence-electron chi connectivity index (χ4n) is 2.04. The van der Waals surface area contributed by atoms with E-state index >= 15 is 0 Å². The SMILES string of the molecule is CC1CCCCCC2OC12. The number of rotatable bonds is 0. The zero-order valence-electron chi connectivity index (χ0n) is 6.68. The van der Waals surface area contributed by atoms with Gasteiger partial charge in [-0.1, -0.05) is 26.2 Å². The van der Waals surface area contributed by atoms with Crippen molar-refractivity contribution in [3.05, 3.63) is 0 Å². The van der Waals surface area contributed by atoms with Crippen LogP contribution in [0.5, 0.6) is 0 Å². The van der Waals surface area contributed by atoms with Crippen molar-refractivity contribution in [3.63, 3.8) is 0 Å². The van der Waals surface area contributed by atoms with Crippen LogP contribution in [0.4, 0.5) is 0 Å². The van der Waals surface area contributed by atoms with Gasteiger partial charge in [0.2, 0.25) is 0 Å². The summed E-state index contributed by atoms with van der Waals surface area (Å²) < 4.78 is 5.55. The Kier molecular flexibility index (Phi) is 1.69. The van der Waals surface area contributed by atoms with Crippen molar-refractivity contribution in [3.8, 4) is 0 Å². The standard InChI is InChI=1S/C9H16O/c1-7-5-3-2-4-6-8-9(7)10-8/h7-9H,2-6H2,1H3. The first kappa shape index (κ1) is 6.66. The van der Waals surface area contributed by atoms with Crippen molar-refractivity contribution in [1.82, 2.24) is 0 Å². The van der Waals surface area contributed by atoms with E-state index in [1.165, 1.54) is 32.1 Å². The quantitative estimate of drug-likeness (QED) is 0.470. The fourth-order valence-corrected chi connectivity index (χ4v) is 2.04. The van der Waals surface area contributed by atoms with Gasteiger partial charge in [-0.25, -0.2) is 0 Å². The predicted molar refractivity (Wildman–Crippen MR) is 40.9 cm³/mol. The molecule has 0 radical (unpaired) electrons. The Balaban J connectivity index is 1.88. The summed E-state index contributed by atoms with van der Waals surface area (Å²) in [4.78, 5) is 0. The second-order valence-electron chi connectivity index (χ2n) is 3.75. The maximum Gasteiger partial charge on any atom is 0.0867 e. The van der Waals surface area contributed by atoms with Crippen molar-refractivity contribution in [2.45, 2.75) is 51.2 Å². The molecule has 58 valence electrons. The Morgan fingerprint density at radius 1 is 1.10 bits per heavy atom. The van der Waals surface area contributed by atoms with Crippen molar-refractivity contribution in [2.75, 3.05) is 0 Å². The summed E-state index contributed by atoms with van der Waals surface area (Å²) in [6.45, 7) is 2.33. The second-order valence-corrected chi connectivity index (χ2v) is 3.75. The molecule has 0 bridgehead atoms. The third kappa shape index (κ3) is 1.20. The minimum Gasteiger partial charge on any atom is -0.369 e. The van der Waals surface area contributed by atoms with E-state index in [4.69, 9.17) is 4.74 Å². The van der Waals surface area contributed by atoms with Gasteiger partial charge >= 0.3 is 0 Å². The van der Waals surface area contributed by atoms with Crippen LogP contribution in [0.15, 0.2) is 0 Å². The van der Waals surface area contributed by atoms with E-state index in [-0.39, 0.29) is 0 Å². The molecule has 0 aromatic carbocycles. The first-order valence-electron chi connectivity index (χ1n) is 4.53. The average Bonchev–Trinajstić information content (AvgIpc) is 2.62. The molecule has 2 rings (SSSR count). The van der Waals surface area contributed by atoms with Gasteiger partial charge in [0, 0.05) is 0 Å². The van der Waals surface area contributed by atoms with E-state index in [1.54, 1.807) is 0 Å². The summed E-state index contributed by atoms with van der Waals surface area (Å²) in [7, 11) is 0. The van der Waals surface area contributed by atoms with Crippen molar-refractivity contribution >= 4 is 0 Å². The normalized spacial score (nSPS) is 47.1. The zero-order valence-corrected chi connectivity index (χ0v) is 6.68. The van der Waals surface area contributed by atoms with Crippen LogP contribution in [-0.4, -0.2) is 12.2 Å². The van der Waals surface area contributed by atoms with Gasteiger partial charge in [0.15, 0.2) is 0 Å². The van der Waals surface area contributed by atoms with E-state index in [0.717, 1.165) is 5.92 Å². The van der Waals surface area contributed by atoms with Crippen molar-refractivity contribution in [2.24, 2.45) is 5.92 Å². The first-order valence-corrected chi connectivity index (χ1v) is 4.53. The van der Waals surface area contributed by atoms with E-state index in [9.17, 15) is 0 Å². The van der Waals surface area contributed by atoms with Gasteiger partial charge in [-0.05, 0) is 18.8 Å². The van der Waals surface area contributed by atoms with Crippen LogP contribution in [0, 0.1) is 5.92 Å². The maximum atomic E-state index is 5.55. The molecule has 10 heavy (non-hydrogen) atoms. The van der Waals surface area contributed by atoms with Crippen LogP contribution in [-0.2, 0) is 4.74 Å². The minimum atomic E-state index is 0.653. The Bertz CT molecular complexity index is 122. The van der Waals surface area contributed by atoms with E-state index in [0.29, 0.717) is 12.2 Å². The lowest BCUT2D eigenvalue weighted by Crippen LogP contribution is -2.09. The molecule has 0 aromatic heterocycles. The third-order valence-electron chi connectivity index (χ3n) is 2.83. The number of hydrogen-bond donors (Lipinski definition) is 0. The molecule has 1 nitrogen and oxygen atoms in total. The van der Waals surface area contributed by atoms with Gasteiger partial charge < -0.3 is 4.74 Å². The molecule has 1 saturated heterocycles. The Morgan fingerprint density at radius 2 is 1.90 bits per heavy atom. The summed E-state index contributed by atoms with van der Waals surface area (Å²) in [5, 5.41) is 0. The highest BCUT2D eigenvalue weighted by Gasteiger charge is 2.42. The molecule has 2 fully saturated rings. The summed E-state index contributed by atoms with van der Waals surface area (Å²) in [6.07, 6.45) is 8.28. The largest absolute Gasteiger partial charge is 0.369 e. The lowest BCUT2D eigenvalue weighted by Gasteiger charge is -2.10. The zero-order chi connectivity index (χ0) is 6.97. The van der Waals surface area contributed by atoms with Crippen LogP contribution < -0.4 is 0 Å². The van der Waals surface area contributed by atoms with Gasteiger partial charge in [0.25, 0.3) is 0 Å². The molecule has 0 spiro atoms. The predicted octanol–water partition coefficient (Wildman–Crippen LogP) is 2.35. The first-order chi connectivity index (χ1) is 4.88.